The average molecular weight is 686 g/mol. The van der Waals surface area contributed by atoms with Crippen LogP contribution in [0, 0.1) is 0 Å². The number of nitrogens with zero attached hydrogens (tertiary/aromatic N) is 1. The zero-order valence-corrected chi connectivity index (χ0v) is 29.3. The maximum atomic E-state index is 2.49. The Bertz CT molecular complexity index is 2850. The van der Waals surface area contributed by atoms with Crippen LogP contribution in [0.15, 0.2) is 188 Å². The van der Waals surface area contributed by atoms with Crippen LogP contribution in [0.25, 0.3) is 73.7 Å². The molecule has 0 atom stereocenters. The Kier molecular flexibility index (Phi) is 7.26. The Morgan fingerprint density at radius 1 is 0.314 bits per heavy atom. The molecule has 0 spiro atoms. The first-order chi connectivity index (χ1) is 25.3. The summed E-state index contributed by atoms with van der Waals surface area (Å²) in [5.74, 6) is 0. The van der Waals surface area contributed by atoms with E-state index in [-0.39, 0.29) is 0 Å². The van der Waals surface area contributed by atoms with Gasteiger partial charge in [-0.05, 0) is 70.3 Å². The highest BCUT2D eigenvalue weighted by Crippen LogP contribution is 2.50. The summed E-state index contributed by atoms with van der Waals surface area (Å²) in [7, 11) is 0. The summed E-state index contributed by atoms with van der Waals surface area (Å²) in [4.78, 5) is 2.49. The second-order valence-corrected chi connectivity index (χ2v) is 15.0. The fourth-order valence-corrected chi connectivity index (χ4v) is 9.80. The van der Waals surface area contributed by atoms with Crippen LogP contribution in [0.2, 0.25) is 0 Å². The molecule has 3 heteroatoms. The van der Waals surface area contributed by atoms with Gasteiger partial charge in [0.15, 0.2) is 0 Å². The molecule has 0 amide bonds. The first-order valence-electron chi connectivity index (χ1n) is 17.3. The topological polar surface area (TPSA) is 3.24 Å². The van der Waals surface area contributed by atoms with Crippen molar-refractivity contribution in [1.29, 1.82) is 0 Å². The summed E-state index contributed by atoms with van der Waals surface area (Å²) in [5.41, 5.74) is 10.7. The van der Waals surface area contributed by atoms with Gasteiger partial charge in [0, 0.05) is 52.6 Å². The van der Waals surface area contributed by atoms with Crippen molar-refractivity contribution in [2.75, 3.05) is 4.90 Å². The Labute approximate surface area is 304 Å². The van der Waals surface area contributed by atoms with Crippen molar-refractivity contribution in [1.82, 2.24) is 0 Å². The van der Waals surface area contributed by atoms with Gasteiger partial charge in [0.2, 0.25) is 0 Å². The predicted octanol–water partition coefficient (Wildman–Crippen LogP) is 14.9. The number of thiophene rings is 2. The summed E-state index contributed by atoms with van der Waals surface area (Å²) in [5, 5.41) is 5.20. The van der Waals surface area contributed by atoms with Gasteiger partial charge >= 0.3 is 0 Å². The molecule has 0 unspecified atom stereocenters. The average Bonchev–Trinajstić information content (AvgIpc) is 3.77. The third-order valence-electron chi connectivity index (χ3n) is 9.88. The Balaban J connectivity index is 1.20. The molecule has 0 aliphatic heterocycles. The normalized spacial score (nSPS) is 11.5. The van der Waals surface area contributed by atoms with Gasteiger partial charge in [-0.2, -0.15) is 0 Å². The fraction of sp³-hybridized carbons (Fsp3) is 0. The fourth-order valence-electron chi connectivity index (χ4n) is 7.42. The first kappa shape index (κ1) is 29.9. The lowest BCUT2D eigenvalue weighted by Crippen LogP contribution is -2.11. The van der Waals surface area contributed by atoms with Gasteiger partial charge in [0.1, 0.15) is 0 Å². The highest BCUT2D eigenvalue weighted by atomic mass is 32.1. The van der Waals surface area contributed by atoms with Crippen molar-refractivity contribution in [3.8, 4) is 33.4 Å². The van der Waals surface area contributed by atoms with Crippen LogP contribution in [-0.2, 0) is 0 Å². The summed E-state index contributed by atoms with van der Waals surface area (Å²) in [6.45, 7) is 0. The molecule has 10 rings (SSSR count). The summed E-state index contributed by atoms with van der Waals surface area (Å²) in [6, 6.07) is 68.6. The molecule has 51 heavy (non-hydrogen) atoms. The SMILES string of the molecule is c1ccc(-c2cccc(-c3ccc(N(c4ccc5c(c4)sc4ccccc45)c4c(-c5ccccc5)ccc5c4sc4ccccc45)cc3)c2)cc1. The molecule has 240 valence electrons. The molecule has 0 fully saturated rings. The van der Waals surface area contributed by atoms with Gasteiger partial charge in [0.05, 0.1) is 10.4 Å². The van der Waals surface area contributed by atoms with E-state index in [1.165, 1.54) is 79.4 Å². The lowest BCUT2D eigenvalue weighted by Gasteiger charge is -2.29. The van der Waals surface area contributed by atoms with E-state index >= 15 is 0 Å². The van der Waals surface area contributed by atoms with E-state index in [1.54, 1.807) is 0 Å². The first-order valence-corrected chi connectivity index (χ1v) is 18.9. The number of fused-ring (bicyclic) bond motifs is 6. The summed E-state index contributed by atoms with van der Waals surface area (Å²) >= 11 is 3.75. The van der Waals surface area contributed by atoms with Crippen LogP contribution in [0.5, 0.6) is 0 Å². The molecule has 0 radical (unpaired) electrons. The summed E-state index contributed by atoms with van der Waals surface area (Å²) < 4.78 is 5.19. The van der Waals surface area contributed by atoms with Gasteiger partial charge in [-0.3, -0.25) is 0 Å². The van der Waals surface area contributed by atoms with Gasteiger partial charge in [-0.1, -0.05) is 146 Å². The summed E-state index contributed by atoms with van der Waals surface area (Å²) in [6.07, 6.45) is 0. The molecule has 0 aliphatic rings. The van der Waals surface area contributed by atoms with Gasteiger partial charge in [-0.25, -0.2) is 0 Å². The van der Waals surface area contributed by atoms with E-state index in [9.17, 15) is 0 Å². The highest BCUT2D eigenvalue weighted by Gasteiger charge is 2.23. The number of anilines is 3. The number of hydrogen-bond donors (Lipinski definition) is 0. The van der Waals surface area contributed by atoms with Crippen LogP contribution in [0.1, 0.15) is 0 Å². The monoisotopic (exact) mass is 685 g/mol. The highest BCUT2D eigenvalue weighted by molar-refractivity contribution is 7.26. The van der Waals surface area contributed by atoms with E-state index in [2.05, 4.69) is 193 Å². The van der Waals surface area contributed by atoms with Crippen LogP contribution in [-0.4, -0.2) is 0 Å². The minimum absolute atomic E-state index is 1.13. The minimum Gasteiger partial charge on any atom is -0.308 e. The second kappa shape index (κ2) is 12.4. The van der Waals surface area contributed by atoms with Crippen molar-refractivity contribution in [3.05, 3.63) is 188 Å². The van der Waals surface area contributed by atoms with Crippen LogP contribution in [0.4, 0.5) is 17.1 Å². The maximum Gasteiger partial charge on any atom is 0.0718 e. The van der Waals surface area contributed by atoms with Crippen molar-refractivity contribution in [2.45, 2.75) is 0 Å². The van der Waals surface area contributed by atoms with E-state index in [0.29, 0.717) is 0 Å². The number of rotatable bonds is 6. The van der Waals surface area contributed by atoms with E-state index in [4.69, 9.17) is 0 Å². The molecule has 0 N–H and O–H groups in total. The lowest BCUT2D eigenvalue weighted by molar-refractivity contribution is 1.31. The van der Waals surface area contributed by atoms with Crippen molar-refractivity contribution < 1.29 is 0 Å². The standard InChI is InChI=1S/C48H31NS2/c1-3-12-32(13-4-1)35-16-11-17-36(30-35)33-22-24-37(25-23-33)49(38-26-27-42-40-18-7-9-20-44(40)50-46(42)31-38)47-39(34-14-5-2-6-15-34)28-29-43-41-19-8-10-21-45(41)51-48(43)47/h1-31H. The smallest absolute Gasteiger partial charge is 0.0718 e. The molecular weight excluding hydrogens is 655 g/mol. The molecule has 8 aromatic carbocycles. The van der Waals surface area contributed by atoms with Crippen molar-refractivity contribution in [2.24, 2.45) is 0 Å². The Morgan fingerprint density at radius 2 is 0.843 bits per heavy atom. The molecule has 0 bridgehead atoms. The molecule has 0 saturated carbocycles. The molecule has 10 aromatic rings. The zero-order chi connectivity index (χ0) is 33.7. The molecule has 1 nitrogen and oxygen atoms in total. The zero-order valence-electron chi connectivity index (χ0n) is 27.7. The van der Waals surface area contributed by atoms with Gasteiger partial charge < -0.3 is 4.90 Å². The van der Waals surface area contributed by atoms with E-state index in [1.807, 2.05) is 22.7 Å². The third-order valence-corrected chi connectivity index (χ3v) is 12.2. The van der Waals surface area contributed by atoms with E-state index < -0.39 is 0 Å². The van der Waals surface area contributed by atoms with Gasteiger partial charge in [0.25, 0.3) is 0 Å². The van der Waals surface area contributed by atoms with Crippen LogP contribution >= 0.6 is 22.7 Å². The minimum atomic E-state index is 1.13. The molecular formula is C48H31NS2. The third kappa shape index (κ3) is 5.21. The van der Waals surface area contributed by atoms with Crippen molar-refractivity contribution in [3.63, 3.8) is 0 Å². The lowest BCUT2D eigenvalue weighted by atomic mass is 9.98. The Hall–Kier alpha value is -6.00. The predicted molar refractivity (Wildman–Crippen MR) is 223 cm³/mol. The number of hydrogen-bond acceptors (Lipinski definition) is 3. The molecule has 2 heterocycles. The molecule has 0 aliphatic carbocycles. The van der Waals surface area contributed by atoms with Crippen LogP contribution < -0.4 is 4.90 Å². The quantitative estimate of drug-likeness (QED) is 0.168. The molecule has 2 aromatic heterocycles. The van der Waals surface area contributed by atoms with Crippen LogP contribution in [0.3, 0.4) is 0 Å². The maximum absolute atomic E-state index is 2.49. The number of benzene rings is 8. The van der Waals surface area contributed by atoms with Crippen molar-refractivity contribution >= 4 is 80.1 Å². The van der Waals surface area contributed by atoms with E-state index in [0.717, 1.165) is 11.4 Å². The Morgan fingerprint density at radius 3 is 1.57 bits per heavy atom. The van der Waals surface area contributed by atoms with Gasteiger partial charge in [-0.15, -0.1) is 22.7 Å². The second-order valence-electron chi connectivity index (χ2n) is 12.9. The molecule has 0 saturated heterocycles. The largest absolute Gasteiger partial charge is 0.308 e.